The van der Waals surface area contributed by atoms with Crippen molar-refractivity contribution in [1.82, 2.24) is 18.7 Å². The Kier molecular flexibility index (Phi) is 5.31. The quantitative estimate of drug-likeness (QED) is 0.587. The third-order valence-electron chi connectivity index (χ3n) is 5.25. The maximum Gasteiger partial charge on any atom is 0.332 e. The summed E-state index contributed by atoms with van der Waals surface area (Å²) in [6.45, 7) is 5.79. The van der Waals surface area contributed by atoms with Gasteiger partial charge in [-0.2, -0.15) is 4.98 Å². The van der Waals surface area contributed by atoms with Crippen LogP contribution in [0.25, 0.3) is 11.2 Å². The number of allylic oxidation sites excluding steroid dienone is 3. The summed E-state index contributed by atoms with van der Waals surface area (Å²) in [5, 5.41) is 0. The van der Waals surface area contributed by atoms with Crippen LogP contribution in [-0.4, -0.2) is 31.8 Å². The van der Waals surface area contributed by atoms with Gasteiger partial charge in [0.1, 0.15) is 12.4 Å². The lowest BCUT2D eigenvalue weighted by Gasteiger charge is -2.19. The van der Waals surface area contributed by atoms with E-state index in [1.165, 1.54) is 9.13 Å². The SMILES string of the molecule is C/C=C\COc1ccccc1N1CCn2c1nc1c2c(=O)n(C/C=C/C)c(=O)n1C. The van der Waals surface area contributed by atoms with E-state index in [0.29, 0.717) is 36.8 Å². The predicted molar refractivity (Wildman–Crippen MR) is 118 cm³/mol. The summed E-state index contributed by atoms with van der Waals surface area (Å²) in [6, 6.07) is 7.77. The lowest BCUT2D eigenvalue weighted by atomic mass is 10.2. The number of imidazole rings is 1. The van der Waals surface area contributed by atoms with E-state index < -0.39 is 0 Å². The van der Waals surface area contributed by atoms with E-state index in [0.717, 1.165) is 11.4 Å². The van der Waals surface area contributed by atoms with Gasteiger partial charge in [0.05, 0.1) is 5.69 Å². The number of benzene rings is 1. The largest absolute Gasteiger partial charge is 0.487 e. The molecule has 30 heavy (non-hydrogen) atoms. The van der Waals surface area contributed by atoms with Crippen LogP contribution >= 0.6 is 0 Å². The highest BCUT2D eigenvalue weighted by Crippen LogP contribution is 2.37. The molecule has 0 saturated carbocycles. The van der Waals surface area contributed by atoms with E-state index in [-0.39, 0.29) is 17.8 Å². The molecule has 0 amide bonds. The molecule has 156 valence electrons. The summed E-state index contributed by atoms with van der Waals surface area (Å²) < 4.78 is 10.5. The Bertz CT molecular complexity index is 1260. The highest BCUT2D eigenvalue weighted by atomic mass is 16.5. The molecule has 8 heteroatoms. The molecule has 0 unspecified atom stereocenters. The van der Waals surface area contributed by atoms with Gasteiger partial charge in [-0.1, -0.05) is 36.4 Å². The van der Waals surface area contributed by atoms with Crippen molar-refractivity contribution in [3.8, 4) is 5.75 Å². The Labute approximate surface area is 173 Å². The number of hydrogen-bond donors (Lipinski definition) is 0. The molecule has 1 aromatic carbocycles. The Morgan fingerprint density at radius 3 is 2.63 bits per heavy atom. The summed E-state index contributed by atoms with van der Waals surface area (Å²) in [5.41, 5.74) is 1.05. The number of anilines is 2. The number of rotatable bonds is 6. The maximum atomic E-state index is 13.1. The monoisotopic (exact) mass is 407 g/mol. The minimum atomic E-state index is -0.371. The lowest BCUT2D eigenvalue weighted by Crippen LogP contribution is -2.39. The number of ether oxygens (including phenoxy) is 1. The first-order chi connectivity index (χ1) is 14.6. The minimum absolute atomic E-state index is 0.240. The zero-order valence-corrected chi connectivity index (χ0v) is 17.4. The summed E-state index contributed by atoms with van der Waals surface area (Å²) in [6.07, 6.45) is 7.50. The first-order valence-corrected chi connectivity index (χ1v) is 10.00. The molecule has 0 aliphatic carbocycles. The third-order valence-corrected chi connectivity index (χ3v) is 5.25. The molecule has 1 aliphatic heterocycles. The minimum Gasteiger partial charge on any atom is -0.487 e. The normalized spacial score (nSPS) is 13.8. The van der Waals surface area contributed by atoms with E-state index in [2.05, 4.69) is 4.98 Å². The second-order valence-electron chi connectivity index (χ2n) is 7.06. The maximum absolute atomic E-state index is 13.1. The van der Waals surface area contributed by atoms with Crippen LogP contribution in [0.3, 0.4) is 0 Å². The van der Waals surface area contributed by atoms with Crippen LogP contribution in [0.5, 0.6) is 5.75 Å². The summed E-state index contributed by atoms with van der Waals surface area (Å²) in [4.78, 5) is 32.5. The van der Waals surface area contributed by atoms with Crippen molar-refractivity contribution in [3.05, 3.63) is 69.4 Å². The topological polar surface area (TPSA) is 74.3 Å². The van der Waals surface area contributed by atoms with Crippen molar-refractivity contribution >= 4 is 22.8 Å². The van der Waals surface area contributed by atoms with E-state index >= 15 is 0 Å². The number of nitrogens with zero attached hydrogens (tertiary/aromatic N) is 5. The highest BCUT2D eigenvalue weighted by Gasteiger charge is 2.29. The number of para-hydroxylation sites is 2. The van der Waals surface area contributed by atoms with Gasteiger partial charge >= 0.3 is 5.69 Å². The third kappa shape index (κ3) is 3.14. The molecule has 0 bridgehead atoms. The molecule has 0 radical (unpaired) electrons. The molecule has 1 aliphatic rings. The van der Waals surface area contributed by atoms with Gasteiger partial charge in [-0.3, -0.25) is 13.9 Å². The average Bonchev–Trinajstić information content (AvgIpc) is 3.32. The molecule has 0 fully saturated rings. The second-order valence-corrected chi connectivity index (χ2v) is 7.06. The van der Waals surface area contributed by atoms with E-state index in [4.69, 9.17) is 4.74 Å². The molecule has 0 atom stereocenters. The van der Waals surface area contributed by atoms with Gasteiger partial charge in [0.25, 0.3) is 5.56 Å². The summed E-state index contributed by atoms with van der Waals surface area (Å²) >= 11 is 0. The Hall–Kier alpha value is -3.55. The fraction of sp³-hybridized carbons (Fsp3) is 0.318. The molecule has 4 rings (SSSR count). The van der Waals surface area contributed by atoms with Gasteiger partial charge in [-0.15, -0.1) is 0 Å². The molecule has 0 spiro atoms. The van der Waals surface area contributed by atoms with Gasteiger partial charge < -0.3 is 14.2 Å². The second kappa shape index (κ2) is 8.06. The molecule has 8 nitrogen and oxygen atoms in total. The number of aryl methyl sites for hydroxylation is 1. The molecule has 2 aromatic heterocycles. The van der Waals surface area contributed by atoms with Crippen LogP contribution in [0.15, 0.2) is 58.2 Å². The molecular formula is C22H25N5O3. The molecule has 3 aromatic rings. The standard InChI is InChI=1S/C22H25N5O3/c1-4-6-12-27-20(28)18-19(24(3)22(27)29)23-21-25(13-14-26(18)21)16-10-8-9-11-17(16)30-15-7-5-2/h4-11H,12-15H2,1-3H3/b6-4+,7-5-. The smallest absolute Gasteiger partial charge is 0.332 e. The van der Waals surface area contributed by atoms with Crippen molar-refractivity contribution in [2.45, 2.75) is 26.9 Å². The molecule has 3 heterocycles. The number of hydrogen-bond acceptors (Lipinski definition) is 5. The Morgan fingerprint density at radius 1 is 1.10 bits per heavy atom. The van der Waals surface area contributed by atoms with Gasteiger partial charge in [0.2, 0.25) is 5.95 Å². The fourth-order valence-corrected chi connectivity index (χ4v) is 3.71. The van der Waals surface area contributed by atoms with Crippen molar-refractivity contribution in [2.75, 3.05) is 18.1 Å². The van der Waals surface area contributed by atoms with Gasteiger partial charge in [-0.05, 0) is 26.0 Å². The van der Waals surface area contributed by atoms with Crippen LogP contribution in [0, 0.1) is 0 Å². The highest BCUT2D eigenvalue weighted by molar-refractivity contribution is 5.79. The predicted octanol–water partition coefficient (Wildman–Crippen LogP) is 2.58. The van der Waals surface area contributed by atoms with E-state index in [9.17, 15) is 9.59 Å². The zero-order chi connectivity index (χ0) is 21.3. The van der Waals surface area contributed by atoms with Crippen LogP contribution in [0.2, 0.25) is 0 Å². The first-order valence-electron chi connectivity index (χ1n) is 10.00. The van der Waals surface area contributed by atoms with E-state index in [1.54, 1.807) is 13.1 Å². The average molecular weight is 407 g/mol. The Morgan fingerprint density at radius 2 is 1.87 bits per heavy atom. The fourth-order valence-electron chi connectivity index (χ4n) is 3.71. The van der Waals surface area contributed by atoms with Crippen molar-refractivity contribution in [3.63, 3.8) is 0 Å². The van der Waals surface area contributed by atoms with E-state index in [1.807, 2.05) is 65.8 Å². The lowest BCUT2D eigenvalue weighted by molar-refractivity contribution is 0.363. The first kappa shape index (κ1) is 19.8. The van der Waals surface area contributed by atoms with Gasteiger partial charge in [-0.25, -0.2) is 4.79 Å². The number of aromatic nitrogens is 4. The van der Waals surface area contributed by atoms with Gasteiger partial charge in [0, 0.05) is 26.7 Å². The summed E-state index contributed by atoms with van der Waals surface area (Å²) in [5.74, 6) is 1.39. The molecule has 0 saturated heterocycles. The van der Waals surface area contributed by atoms with Crippen LogP contribution in [-0.2, 0) is 20.1 Å². The zero-order valence-electron chi connectivity index (χ0n) is 17.4. The van der Waals surface area contributed by atoms with Gasteiger partial charge in [0.15, 0.2) is 11.2 Å². The van der Waals surface area contributed by atoms with Crippen LogP contribution in [0.4, 0.5) is 11.6 Å². The van der Waals surface area contributed by atoms with Crippen molar-refractivity contribution in [1.29, 1.82) is 0 Å². The van der Waals surface area contributed by atoms with Crippen molar-refractivity contribution in [2.24, 2.45) is 7.05 Å². The molecular weight excluding hydrogens is 382 g/mol. The Balaban J connectivity index is 1.85. The molecule has 0 N–H and O–H groups in total. The van der Waals surface area contributed by atoms with Crippen LogP contribution < -0.4 is 20.9 Å². The number of fused-ring (bicyclic) bond motifs is 3. The van der Waals surface area contributed by atoms with Crippen molar-refractivity contribution < 1.29 is 4.74 Å². The van der Waals surface area contributed by atoms with Crippen LogP contribution in [0.1, 0.15) is 13.8 Å². The summed E-state index contributed by atoms with van der Waals surface area (Å²) in [7, 11) is 1.65.